The Morgan fingerprint density at radius 3 is 2.67 bits per heavy atom. The molecule has 2 aromatic rings. The Hall–Kier alpha value is -1.92. The summed E-state index contributed by atoms with van der Waals surface area (Å²) in [6.45, 7) is 7.44. The molecule has 27 heavy (non-hydrogen) atoms. The molecule has 0 unspecified atom stereocenters. The van der Waals surface area contributed by atoms with Crippen molar-refractivity contribution in [1.29, 1.82) is 0 Å². The molecule has 1 saturated heterocycles. The fourth-order valence-corrected chi connectivity index (χ4v) is 3.33. The van der Waals surface area contributed by atoms with E-state index < -0.39 is 0 Å². The van der Waals surface area contributed by atoms with Crippen molar-refractivity contribution in [2.75, 3.05) is 19.6 Å². The summed E-state index contributed by atoms with van der Waals surface area (Å²) in [7, 11) is 0. The summed E-state index contributed by atoms with van der Waals surface area (Å²) in [4.78, 5) is 19.0. The molecule has 0 spiro atoms. The smallest absolute Gasteiger partial charge is 0.241 e. The number of benzene rings is 1. The minimum absolute atomic E-state index is 0.112. The Balaban J connectivity index is 1.45. The van der Waals surface area contributed by atoms with Crippen LogP contribution in [0.1, 0.15) is 39.0 Å². The topological polar surface area (TPSA) is 71.3 Å². The number of amides is 1. The molecule has 0 saturated carbocycles. The lowest BCUT2D eigenvalue weighted by atomic mass is 9.96. The van der Waals surface area contributed by atoms with Crippen LogP contribution in [0.3, 0.4) is 0 Å². The molecule has 0 atom stereocenters. The van der Waals surface area contributed by atoms with Crippen molar-refractivity contribution in [2.45, 2.75) is 39.7 Å². The Labute approximate surface area is 165 Å². The maximum absolute atomic E-state index is 12.2. The van der Waals surface area contributed by atoms with E-state index in [2.05, 4.69) is 34.2 Å². The van der Waals surface area contributed by atoms with Gasteiger partial charge >= 0.3 is 0 Å². The van der Waals surface area contributed by atoms with E-state index in [1.807, 2.05) is 24.3 Å². The number of nitrogens with zero attached hydrogens (tertiary/aromatic N) is 3. The summed E-state index contributed by atoms with van der Waals surface area (Å²) >= 11 is 5.91. The van der Waals surface area contributed by atoms with Gasteiger partial charge in [-0.25, -0.2) is 0 Å². The van der Waals surface area contributed by atoms with E-state index in [4.69, 9.17) is 16.1 Å². The molecule has 1 aliphatic rings. The van der Waals surface area contributed by atoms with E-state index in [9.17, 15) is 4.79 Å². The summed E-state index contributed by atoms with van der Waals surface area (Å²) in [5.74, 6) is 2.08. The summed E-state index contributed by atoms with van der Waals surface area (Å²) in [5, 5.41) is 7.80. The number of hydrogen-bond acceptors (Lipinski definition) is 5. The van der Waals surface area contributed by atoms with Crippen molar-refractivity contribution in [3.63, 3.8) is 0 Å². The Morgan fingerprint density at radius 2 is 2.00 bits per heavy atom. The predicted octanol–water partition coefficient (Wildman–Crippen LogP) is 3.76. The molecule has 2 heterocycles. The largest absolute Gasteiger partial charge is 0.356 e. The minimum atomic E-state index is 0.112. The number of carbonyl (C=O) groups excluding carboxylic acids is 1. The first-order valence-corrected chi connectivity index (χ1v) is 9.97. The number of likely N-dealkylation sites (tertiary alicyclic amines) is 1. The van der Waals surface area contributed by atoms with Crippen LogP contribution in [0.25, 0.3) is 11.4 Å². The zero-order valence-electron chi connectivity index (χ0n) is 15.9. The zero-order chi connectivity index (χ0) is 19.2. The molecule has 0 bridgehead atoms. The van der Waals surface area contributed by atoms with Gasteiger partial charge in [-0.2, -0.15) is 4.98 Å². The number of halogens is 1. The minimum Gasteiger partial charge on any atom is -0.356 e. The molecule has 7 heteroatoms. The predicted molar refractivity (Wildman–Crippen MR) is 105 cm³/mol. The zero-order valence-corrected chi connectivity index (χ0v) is 16.7. The van der Waals surface area contributed by atoms with Crippen LogP contribution in [0.5, 0.6) is 0 Å². The van der Waals surface area contributed by atoms with Gasteiger partial charge in [0.2, 0.25) is 17.6 Å². The van der Waals surface area contributed by atoms with Gasteiger partial charge in [-0.1, -0.05) is 30.6 Å². The monoisotopic (exact) mass is 390 g/mol. The van der Waals surface area contributed by atoms with Crippen molar-refractivity contribution in [3.05, 3.63) is 35.2 Å². The number of carbonyl (C=O) groups is 1. The molecule has 1 aliphatic heterocycles. The van der Waals surface area contributed by atoms with Crippen molar-refractivity contribution in [3.8, 4) is 11.4 Å². The van der Waals surface area contributed by atoms with Gasteiger partial charge in [0.1, 0.15) is 0 Å². The van der Waals surface area contributed by atoms with E-state index in [0.29, 0.717) is 29.2 Å². The Bertz CT molecular complexity index is 737. The molecular formula is C20H27ClN4O2. The first-order valence-electron chi connectivity index (χ1n) is 9.60. The average Bonchev–Trinajstić information content (AvgIpc) is 3.11. The molecule has 1 N–H and O–H groups in total. The van der Waals surface area contributed by atoms with Gasteiger partial charge in [-0.05, 0) is 62.5 Å². The van der Waals surface area contributed by atoms with E-state index in [0.717, 1.165) is 44.5 Å². The molecule has 3 rings (SSSR count). The average molecular weight is 391 g/mol. The molecule has 1 fully saturated rings. The van der Waals surface area contributed by atoms with Crippen LogP contribution in [0.2, 0.25) is 5.02 Å². The van der Waals surface area contributed by atoms with Crippen LogP contribution in [0.4, 0.5) is 0 Å². The molecule has 146 valence electrons. The van der Waals surface area contributed by atoms with Crippen LogP contribution in [0.15, 0.2) is 28.8 Å². The lowest BCUT2D eigenvalue weighted by Crippen LogP contribution is -2.40. The molecule has 1 aromatic heterocycles. The highest BCUT2D eigenvalue weighted by Gasteiger charge is 2.25. The van der Waals surface area contributed by atoms with E-state index in [1.54, 1.807) is 0 Å². The third-order valence-electron chi connectivity index (χ3n) is 4.91. The SMILES string of the molecule is CC(C)CCNC(=O)C1CCN(Cc2nc(-c3ccc(Cl)cc3)no2)CC1. The third-order valence-corrected chi connectivity index (χ3v) is 5.16. The van der Waals surface area contributed by atoms with Crippen LogP contribution in [-0.2, 0) is 11.3 Å². The van der Waals surface area contributed by atoms with E-state index in [1.165, 1.54) is 0 Å². The fourth-order valence-electron chi connectivity index (χ4n) is 3.21. The molecule has 6 nitrogen and oxygen atoms in total. The van der Waals surface area contributed by atoms with Crippen LogP contribution < -0.4 is 5.32 Å². The summed E-state index contributed by atoms with van der Waals surface area (Å²) in [6.07, 6.45) is 2.76. The van der Waals surface area contributed by atoms with Gasteiger partial charge in [-0.3, -0.25) is 9.69 Å². The van der Waals surface area contributed by atoms with Gasteiger partial charge in [-0.15, -0.1) is 0 Å². The molecule has 1 aromatic carbocycles. The van der Waals surface area contributed by atoms with E-state index >= 15 is 0 Å². The van der Waals surface area contributed by atoms with Gasteiger partial charge in [0.15, 0.2) is 0 Å². The van der Waals surface area contributed by atoms with Crippen molar-refractivity contribution < 1.29 is 9.32 Å². The van der Waals surface area contributed by atoms with Crippen molar-refractivity contribution >= 4 is 17.5 Å². The normalized spacial score (nSPS) is 16.0. The maximum atomic E-state index is 12.2. The second kappa shape index (κ2) is 9.33. The lowest BCUT2D eigenvalue weighted by Gasteiger charge is -2.30. The molecular weight excluding hydrogens is 364 g/mol. The summed E-state index contributed by atoms with van der Waals surface area (Å²) < 4.78 is 5.39. The van der Waals surface area contributed by atoms with Crippen LogP contribution >= 0.6 is 11.6 Å². The first kappa shape index (κ1) is 19.8. The van der Waals surface area contributed by atoms with Gasteiger partial charge < -0.3 is 9.84 Å². The lowest BCUT2D eigenvalue weighted by molar-refractivity contribution is -0.126. The van der Waals surface area contributed by atoms with Crippen molar-refractivity contribution in [2.24, 2.45) is 11.8 Å². The molecule has 0 aliphatic carbocycles. The highest BCUT2D eigenvalue weighted by Crippen LogP contribution is 2.21. The van der Waals surface area contributed by atoms with Gasteiger partial charge in [0.25, 0.3) is 0 Å². The standard InChI is InChI=1S/C20H27ClN4O2/c1-14(2)7-10-22-20(26)16-8-11-25(12-9-16)13-18-23-19(24-27-18)15-3-5-17(21)6-4-15/h3-6,14,16H,7-13H2,1-2H3,(H,22,26). The number of rotatable bonds is 7. The first-order chi connectivity index (χ1) is 13.0. The van der Waals surface area contributed by atoms with Crippen LogP contribution in [0, 0.1) is 11.8 Å². The van der Waals surface area contributed by atoms with Gasteiger partial charge in [0.05, 0.1) is 6.54 Å². The number of nitrogens with one attached hydrogen (secondary N) is 1. The molecule has 1 amide bonds. The highest BCUT2D eigenvalue weighted by atomic mass is 35.5. The number of piperidine rings is 1. The summed E-state index contributed by atoms with van der Waals surface area (Å²) in [5.41, 5.74) is 0.881. The molecule has 0 radical (unpaired) electrons. The van der Waals surface area contributed by atoms with Crippen LogP contribution in [-0.4, -0.2) is 40.6 Å². The van der Waals surface area contributed by atoms with Crippen molar-refractivity contribution in [1.82, 2.24) is 20.4 Å². The number of aromatic nitrogens is 2. The second-order valence-corrected chi connectivity index (χ2v) is 7.98. The maximum Gasteiger partial charge on any atom is 0.241 e. The summed E-state index contributed by atoms with van der Waals surface area (Å²) in [6, 6.07) is 7.37. The second-order valence-electron chi connectivity index (χ2n) is 7.54. The van der Waals surface area contributed by atoms with Gasteiger partial charge in [0, 0.05) is 23.0 Å². The fraction of sp³-hybridized carbons (Fsp3) is 0.550. The highest BCUT2D eigenvalue weighted by molar-refractivity contribution is 6.30. The van der Waals surface area contributed by atoms with E-state index in [-0.39, 0.29) is 11.8 Å². The number of hydrogen-bond donors (Lipinski definition) is 1. The Kier molecular flexibility index (Phi) is 6.85. The third kappa shape index (κ3) is 5.78. The quantitative estimate of drug-likeness (QED) is 0.779. The Morgan fingerprint density at radius 1 is 1.30 bits per heavy atom.